The van der Waals surface area contributed by atoms with Crippen molar-refractivity contribution in [1.29, 1.82) is 0 Å². The molecule has 0 radical (unpaired) electrons. The van der Waals surface area contributed by atoms with Crippen LogP contribution in [-0.2, 0) is 11.2 Å². The van der Waals surface area contributed by atoms with Crippen LogP contribution in [0.1, 0.15) is 37.3 Å². The first-order valence-corrected chi connectivity index (χ1v) is 11.2. The Morgan fingerprint density at radius 3 is 2.61 bits per heavy atom. The average Bonchev–Trinajstić information content (AvgIpc) is 2.79. The van der Waals surface area contributed by atoms with Gasteiger partial charge in [0, 0.05) is 50.6 Å². The Labute approximate surface area is 185 Å². The van der Waals surface area contributed by atoms with Crippen LogP contribution in [0.5, 0.6) is 11.5 Å². The van der Waals surface area contributed by atoms with Crippen LogP contribution in [0.15, 0.2) is 30.6 Å². The summed E-state index contributed by atoms with van der Waals surface area (Å²) in [6, 6.07) is 5.69. The fourth-order valence-corrected chi connectivity index (χ4v) is 3.93. The standard InChI is InChI=1S/C24H34N4O3/c1-19(8-16-29)18-21-6-7-22(20(2)23(21)30)31-17-4-3-11-27-12-14-28(15-13-27)24-25-9-5-10-26-24/h5-7,9-10,16,19,30H,3-4,8,11-15,17-18H2,1-2H3. The molecule has 1 aromatic carbocycles. The number of nitrogens with zero attached hydrogens (tertiary/aromatic N) is 4. The van der Waals surface area contributed by atoms with E-state index in [1.165, 1.54) is 0 Å². The van der Waals surface area contributed by atoms with Gasteiger partial charge in [-0.05, 0) is 56.3 Å². The number of piperazine rings is 1. The van der Waals surface area contributed by atoms with Crippen molar-refractivity contribution in [2.75, 3.05) is 44.2 Å². The molecule has 1 fully saturated rings. The lowest BCUT2D eigenvalue weighted by molar-refractivity contribution is -0.108. The van der Waals surface area contributed by atoms with E-state index in [1.54, 1.807) is 12.4 Å². The third kappa shape index (κ3) is 6.66. The quantitative estimate of drug-likeness (QED) is 0.436. The fourth-order valence-electron chi connectivity index (χ4n) is 3.93. The molecule has 168 valence electrons. The van der Waals surface area contributed by atoms with E-state index in [0.29, 0.717) is 19.4 Å². The largest absolute Gasteiger partial charge is 0.507 e. The summed E-state index contributed by atoms with van der Waals surface area (Å²) in [5.74, 6) is 2.06. The minimum atomic E-state index is 0.219. The van der Waals surface area contributed by atoms with E-state index >= 15 is 0 Å². The molecule has 0 amide bonds. The van der Waals surface area contributed by atoms with Gasteiger partial charge in [0.1, 0.15) is 17.8 Å². The number of ether oxygens (including phenoxy) is 1. The van der Waals surface area contributed by atoms with Crippen LogP contribution in [0.2, 0.25) is 0 Å². The van der Waals surface area contributed by atoms with E-state index < -0.39 is 0 Å². The first-order valence-electron chi connectivity index (χ1n) is 11.2. The minimum Gasteiger partial charge on any atom is -0.507 e. The molecule has 0 aliphatic carbocycles. The molecule has 3 rings (SSSR count). The van der Waals surface area contributed by atoms with Crippen molar-refractivity contribution in [3.63, 3.8) is 0 Å². The normalized spacial score (nSPS) is 15.6. The van der Waals surface area contributed by atoms with Crippen LogP contribution in [-0.4, -0.2) is 65.6 Å². The van der Waals surface area contributed by atoms with Crippen LogP contribution in [0.25, 0.3) is 0 Å². The van der Waals surface area contributed by atoms with Gasteiger partial charge in [-0.25, -0.2) is 9.97 Å². The number of carbonyl (C=O) groups is 1. The Morgan fingerprint density at radius 2 is 1.90 bits per heavy atom. The van der Waals surface area contributed by atoms with E-state index in [0.717, 1.165) is 74.7 Å². The molecule has 1 saturated heterocycles. The van der Waals surface area contributed by atoms with Crippen LogP contribution in [0.4, 0.5) is 5.95 Å². The van der Waals surface area contributed by atoms with Crippen molar-refractivity contribution in [2.45, 2.75) is 39.5 Å². The number of hydrogen-bond acceptors (Lipinski definition) is 7. The third-order valence-corrected chi connectivity index (χ3v) is 5.87. The maximum atomic E-state index is 10.7. The number of aromatic nitrogens is 2. The van der Waals surface area contributed by atoms with Gasteiger partial charge in [0.2, 0.25) is 5.95 Å². The molecule has 0 saturated carbocycles. The van der Waals surface area contributed by atoms with Gasteiger partial charge in [-0.3, -0.25) is 4.90 Å². The summed E-state index contributed by atoms with van der Waals surface area (Å²) in [6.07, 6.45) is 7.76. The summed E-state index contributed by atoms with van der Waals surface area (Å²) in [5.41, 5.74) is 1.65. The molecule has 1 aromatic heterocycles. The number of aromatic hydroxyl groups is 1. The second-order valence-corrected chi connectivity index (χ2v) is 8.34. The molecule has 2 heterocycles. The van der Waals surface area contributed by atoms with Crippen LogP contribution < -0.4 is 9.64 Å². The minimum absolute atomic E-state index is 0.219. The van der Waals surface area contributed by atoms with Crippen molar-refractivity contribution in [3.8, 4) is 11.5 Å². The van der Waals surface area contributed by atoms with Gasteiger partial charge < -0.3 is 19.5 Å². The predicted molar refractivity (Wildman–Crippen MR) is 122 cm³/mol. The van der Waals surface area contributed by atoms with Gasteiger partial charge in [-0.15, -0.1) is 0 Å². The maximum absolute atomic E-state index is 10.7. The lowest BCUT2D eigenvalue weighted by atomic mass is 9.96. The Hall–Kier alpha value is -2.67. The number of phenolic OH excluding ortho intramolecular Hbond substituents is 1. The molecule has 1 aliphatic heterocycles. The lowest BCUT2D eigenvalue weighted by Gasteiger charge is -2.34. The van der Waals surface area contributed by atoms with Gasteiger partial charge in [-0.1, -0.05) is 13.0 Å². The van der Waals surface area contributed by atoms with Gasteiger partial charge in [-0.2, -0.15) is 0 Å². The topological polar surface area (TPSA) is 78.8 Å². The summed E-state index contributed by atoms with van der Waals surface area (Å²) in [7, 11) is 0. The van der Waals surface area contributed by atoms with Gasteiger partial charge in [0.15, 0.2) is 0 Å². The monoisotopic (exact) mass is 426 g/mol. The van der Waals surface area contributed by atoms with Crippen LogP contribution in [0.3, 0.4) is 0 Å². The Balaban J connectivity index is 1.35. The average molecular weight is 427 g/mol. The first kappa shape index (κ1) is 23.0. The van der Waals surface area contributed by atoms with Crippen molar-refractivity contribution < 1.29 is 14.6 Å². The lowest BCUT2D eigenvalue weighted by Crippen LogP contribution is -2.47. The molecule has 2 aromatic rings. The summed E-state index contributed by atoms with van der Waals surface area (Å²) < 4.78 is 5.93. The molecule has 1 N–H and O–H groups in total. The SMILES string of the molecule is Cc1c(OCCCCN2CCN(c3ncccn3)CC2)ccc(CC(C)CC=O)c1O. The summed E-state index contributed by atoms with van der Waals surface area (Å²) in [4.78, 5) is 24.0. The van der Waals surface area contributed by atoms with E-state index in [2.05, 4.69) is 19.8 Å². The zero-order chi connectivity index (χ0) is 22.1. The van der Waals surface area contributed by atoms with Crippen LogP contribution in [0, 0.1) is 12.8 Å². The van der Waals surface area contributed by atoms with Crippen molar-refractivity contribution in [2.24, 2.45) is 5.92 Å². The highest BCUT2D eigenvalue weighted by atomic mass is 16.5. The number of benzene rings is 1. The molecular weight excluding hydrogens is 392 g/mol. The van der Waals surface area contributed by atoms with Crippen molar-refractivity contribution in [1.82, 2.24) is 14.9 Å². The smallest absolute Gasteiger partial charge is 0.225 e. The Morgan fingerprint density at radius 1 is 1.16 bits per heavy atom. The van der Waals surface area contributed by atoms with Gasteiger partial charge >= 0.3 is 0 Å². The first-order chi connectivity index (χ1) is 15.1. The third-order valence-electron chi connectivity index (χ3n) is 5.87. The number of hydrogen-bond donors (Lipinski definition) is 1. The van der Waals surface area contributed by atoms with E-state index in [-0.39, 0.29) is 11.7 Å². The summed E-state index contributed by atoms with van der Waals surface area (Å²) in [5, 5.41) is 10.5. The second-order valence-electron chi connectivity index (χ2n) is 8.34. The molecule has 0 bridgehead atoms. The summed E-state index contributed by atoms with van der Waals surface area (Å²) in [6.45, 7) is 9.56. The molecule has 31 heavy (non-hydrogen) atoms. The number of unbranched alkanes of at least 4 members (excludes halogenated alkanes) is 1. The van der Waals surface area contributed by atoms with Crippen molar-refractivity contribution in [3.05, 3.63) is 41.7 Å². The van der Waals surface area contributed by atoms with E-state index in [4.69, 9.17) is 4.74 Å². The van der Waals surface area contributed by atoms with Gasteiger partial charge in [0.25, 0.3) is 0 Å². The zero-order valence-corrected chi connectivity index (χ0v) is 18.7. The molecule has 1 aliphatic rings. The highest BCUT2D eigenvalue weighted by Gasteiger charge is 2.18. The number of rotatable bonds is 11. The number of carbonyl (C=O) groups excluding carboxylic acids is 1. The second kappa shape index (κ2) is 11.6. The Kier molecular flexibility index (Phi) is 8.64. The molecule has 7 heteroatoms. The van der Waals surface area contributed by atoms with Crippen LogP contribution >= 0.6 is 0 Å². The molecule has 0 spiro atoms. The summed E-state index contributed by atoms with van der Waals surface area (Å²) >= 11 is 0. The molecular formula is C24H34N4O3. The highest BCUT2D eigenvalue weighted by molar-refractivity contribution is 5.51. The maximum Gasteiger partial charge on any atom is 0.225 e. The van der Waals surface area contributed by atoms with E-state index in [9.17, 15) is 9.90 Å². The zero-order valence-electron chi connectivity index (χ0n) is 18.7. The molecule has 7 nitrogen and oxygen atoms in total. The number of phenols is 1. The fraction of sp³-hybridized carbons (Fsp3) is 0.542. The van der Waals surface area contributed by atoms with Crippen molar-refractivity contribution >= 4 is 12.2 Å². The Bertz CT molecular complexity index is 823. The predicted octanol–water partition coefficient (Wildman–Crippen LogP) is 3.24. The molecule has 1 atom stereocenters. The van der Waals surface area contributed by atoms with Gasteiger partial charge in [0.05, 0.1) is 6.61 Å². The van der Waals surface area contributed by atoms with E-state index in [1.807, 2.05) is 32.0 Å². The molecule has 1 unspecified atom stereocenters. The number of anilines is 1. The highest BCUT2D eigenvalue weighted by Crippen LogP contribution is 2.32. The number of aldehydes is 1.